The van der Waals surface area contributed by atoms with Crippen molar-refractivity contribution in [2.24, 2.45) is 0 Å². The van der Waals surface area contributed by atoms with E-state index in [9.17, 15) is 13.6 Å². The van der Waals surface area contributed by atoms with Crippen LogP contribution in [-0.2, 0) is 9.53 Å². The van der Waals surface area contributed by atoms with Crippen LogP contribution in [0, 0.1) is 0 Å². The SMILES string of the molecule is CCC1CC2(OC(F)F)CC(C2)N1C(=O)CC(C)c1c[nH]c2cccc(Cl)c12. The summed E-state index contributed by atoms with van der Waals surface area (Å²) < 4.78 is 30.4. The van der Waals surface area contributed by atoms with Gasteiger partial charge in [-0.3, -0.25) is 4.79 Å². The molecule has 4 nitrogen and oxygen atoms in total. The number of halogens is 3. The third-order valence-corrected chi connectivity index (χ3v) is 6.72. The molecule has 3 heterocycles. The van der Waals surface area contributed by atoms with Gasteiger partial charge in [-0.15, -0.1) is 0 Å². The van der Waals surface area contributed by atoms with Gasteiger partial charge in [0.05, 0.1) is 10.6 Å². The minimum absolute atomic E-state index is 0.00253. The average molecular weight is 411 g/mol. The number of fused-ring (bicyclic) bond motifs is 3. The van der Waals surface area contributed by atoms with Crippen molar-refractivity contribution in [1.82, 2.24) is 9.88 Å². The zero-order chi connectivity index (χ0) is 20.1. The molecule has 1 N–H and O–H groups in total. The number of amides is 1. The standard InChI is InChI=1S/C21H25ClF2N2O2/c1-3-13-8-21(28-20(23)24)9-14(10-21)26(13)18(27)7-12(2)15-11-25-17-6-4-5-16(22)19(15)17/h4-6,11-14,20,25H,3,7-10H2,1-2H3. The summed E-state index contributed by atoms with van der Waals surface area (Å²) >= 11 is 6.37. The number of ether oxygens (including phenoxy) is 1. The maximum Gasteiger partial charge on any atom is 0.345 e. The Bertz CT molecular complexity index is 878. The summed E-state index contributed by atoms with van der Waals surface area (Å²) in [6.07, 6.45) is 4.54. The number of alkyl halides is 2. The zero-order valence-electron chi connectivity index (χ0n) is 16.1. The summed E-state index contributed by atoms with van der Waals surface area (Å²) in [5.41, 5.74) is 1.24. The Labute approximate surface area is 168 Å². The monoisotopic (exact) mass is 410 g/mol. The summed E-state index contributed by atoms with van der Waals surface area (Å²) in [5, 5.41) is 1.63. The Morgan fingerprint density at radius 2 is 2.14 bits per heavy atom. The Kier molecular flexibility index (Phi) is 5.12. The molecule has 2 unspecified atom stereocenters. The van der Waals surface area contributed by atoms with Crippen molar-refractivity contribution in [2.45, 2.75) is 76.2 Å². The molecule has 1 saturated carbocycles. The smallest absolute Gasteiger partial charge is 0.345 e. The second-order valence-corrected chi connectivity index (χ2v) is 8.61. The predicted molar refractivity (Wildman–Crippen MR) is 105 cm³/mol. The molecule has 1 amide bonds. The van der Waals surface area contributed by atoms with Crippen LogP contribution < -0.4 is 0 Å². The van der Waals surface area contributed by atoms with Gasteiger partial charge in [0, 0.05) is 35.6 Å². The average Bonchev–Trinajstić information content (AvgIpc) is 3.05. The topological polar surface area (TPSA) is 45.3 Å². The van der Waals surface area contributed by atoms with Crippen molar-refractivity contribution in [1.29, 1.82) is 0 Å². The van der Waals surface area contributed by atoms with Crippen molar-refractivity contribution in [3.63, 3.8) is 0 Å². The number of nitrogens with zero attached hydrogens (tertiary/aromatic N) is 1. The minimum Gasteiger partial charge on any atom is -0.361 e. The van der Waals surface area contributed by atoms with E-state index in [1.807, 2.05) is 43.1 Å². The first-order chi connectivity index (χ1) is 13.3. The van der Waals surface area contributed by atoms with Crippen LogP contribution in [0.15, 0.2) is 24.4 Å². The number of piperidine rings is 2. The zero-order valence-corrected chi connectivity index (χ0v) is 16.8. The second-order valence-electron chi connectivity index (χ2n) is 8.20. The van der Waals surface area contributed by atoms with Crippen LogP contribution in [0.5, 0.6) is 0 Å². The first-order valence-corrected chi connectivity index (χ1v) is 10.2. The molecule has 2 bridgehead atoms. The lowest BCUT2D eigenvalue weighted by Crippen LogP contribution is -2.68. The number of nitrogens with one attached hydrogen (secondary N) is 1. The first kappa shape index (κ1) is 19.6. The van der Waals surface area contributed by atoms with Gasteiger partial charge in [0.1, 0.15) is 0 Å². The molecule has 5 rings (SSSR count). The van der Waals surface area contributed by atoms with Crippen LogP contribution in [0.2, 0.25) is 5.02 Å². The van der Waals surface area contributed by atoms with Crippen LogP contribution in [0.1, 0.15) is 57.4 Å². The van der Waals surface area contributed by atoms with E-state index in [0.29, 0.717) is 30.7 Å². The molecule has 152 valence electrons. The van der Waals surface area contributed by atoms with E-state index in [4.69, 9.17) is 16.3 Å². The van der Waals surface area contributed by atoms with Crippen molar-refractivity contribution >= 4 is 28.4 Å². The predicted octanol–water partition coefficient (Wildman–Crippen LogP) is 5.47. The third kappa shape index (κ3) is 3.30. The number of carbonyl (C=O) groups excluding carboxylic acids is 1. The molecule has 1 aromatic heterocycles. The summed E-state index contributed by atoms with van der Waals surface area (Å²) in [6, 6.07) is 5.67. The molecule has 0 spiro atoms. The Hall–Kier alpha value is -1.66. The Morgan fingerprint density at radius 3 is 2.82 bits per heavy atom. The van der Waals surface area contributed by atoms with Crippen LogP contribution in [0.25, 0.3) is 10.9 Å². The van der Waals surface area contributed by atoms with Crippen molar-refractivity contribution < 1.29 is 18.3 Å². The largest absolute Gasteiger partial charge is 0.361 e. The summed E-state index contributed by atoms with van der Waals surface area (Å²) in [7, 11) is 0. The lowest BCUT2D eigenvalue weighted by molar-refractivity contribution is -0.273. The van der Waals surface area contributed by atoms with Crippen LogP contribution in [-0.4, -0.2) is 40.1 Å². The fourth-order valence-electron chi connectivity index (χ4n) is 5.10. The van der Waals surface area contributed by atoms with Crippen molar-refractivity contribution in [3.05, 3.63) is 35.0 Å². The Balaban J connectivity index is 1.49. The number of hydrogen-bond acceptors (Lipinski definition) is 2. The van der Waals surface area contributed by atoms with Gasteiger partial charge in [-0.25, -0.2) is 0 Å². The summed E-state index contributed by atoms with van der Waals surface area (Å²) in [5.74, 6) is 0.0823. The quantitative estimate of drug-likeness (QED) is 0.686. The molecule has 3 fully saturated rings. The van der Waals surface area contributed by atoms with E-state index >= 15 is 0 Å². The van der Waals surface area contributed by atoms with Gasteiger partial charge >= 0.3 is 6.61 Å². The minimum atomic E-state index is -2.76. The highest BCUT2D eigenvalue weighted by atomic mass is 35.5. The highest BCUT2D eigenvalue weighted by Gasteiger charge is 2.57. The number of benzene rings is 1. The lowest BCUT2D eigenvalue weighted by atomic mass is 9.65. The fraction of sp³-hybridized carbons (Fsp3) is 0.571. The third-order valence-electron chi connectivity index (χ3n) is 6.41. The fourth-order valence-corrected chi connectivity index (χ4v) is 5.39. The van der Waals surface area contributed by atoms with E-state index in [1.54, 1.807) is 0 Å². The van der Waals surface area contributed by atoms with E-state index < -0.39 is 12.2 Å². The molecule has 1 aromatic carbocycles. The van der Waals surface area contributed by atoms with Crippen molar-refractivity contribution in [2.75, 3.05) is 0 Å². The summed E-state index contributed by atoms with van der Waals surface area (Å²) in [4.78, 5) is 18.3. The maximum absolute atomic E-state index is 13.1. The number of rotatable bonds is 6. The molecular formula is C21H25ClF2N2O2. The summed E-state index contributed by atoms with van der Waals surface area (Å²) in [6.45, 7) is 1.27. The first-order valence-electron chi connectivity index (χ1n) is 9.86. The molecule has 2 saturated heterocycles. The molecule has 2 aromatic rings. The van der Waals surface area contributed by atoms with Crippen LogP contribution in [0.3, 0.4) is 0 Å². The molecule has 7 heteroatoms. The van der Waals surface area contributed by atoms with Gasteiger partial charge in [0.15, 0.2) is 0 Å². The van der Waals surface area contributed by atoms with Gasteiger partial charge in [0.25, 0.3) is 0 Å². The van der Waals surface area contributed by atoms with E-state index in [1.165, 1.54) is 0 Å². The van der Waals surface area contributed by atoms with Gasteiger partial charge in [-0.2, -0.15) is 8.78 Å². The van der Waals surface area contributed by atoms with Gasteiger partial charge < -0.3 is 14.6 Å². The van der Waals surface area contributed by atoms with Gasteiger partial charge in [-0.1, -0.05) is 31.5 Å². The molecule has 0 radical (unpaired) electrons. The number of H-pyrrole nitrogens is 1. The Morgan fingerprint density at radius 1 is 1.39 bits per heavy atom. The molecule has 1 aliphatic carbocycles. The molecule has 2 atom stereocenters. The molecule has 2 aliphatic heterocycles. The number of aromatic amines is 1. The van der Waals surface area contributed by atoms with Gasteiger partial charge in [0.2, 0.25) is 5.91 Å². The number of carbonyl (C=O) groups is 1. The van der Waals surface area contributed by atoms with Crippen LogP contribution >= 0.6 is 11.6 Å². The molecule has 3 aliphatic rings. The van der Waals surface area contributed by atoms with Crippen LogP contribution in [0.4, 0.5) is 8.78 Å². The number of aromatic nitrogens is 1. The molecular weight excluding hydrogens is 386 g/mol. The number of hydrogen-bond donors (Lipinski definition) is 1. The van der Waals surface area contributed by atoms with E-state index in [0.717, 1.165) is 22.9 Å². The second kappa shape index (κ2) is 7.30. The highest BCUT2D eigenvalue weighted by molar-refractivity contribution is 6.35. The highest BCUT2D eigenvalue weighted by Crippen LogP contribution is 2.50. The van der Waals surface area contributed by atoms with Gasteiger partial charge in [-0.05, 0) is 49.3 Å². The lowest BCUT2D eigenvalue weighted by Gasteiger charge is -2.60. The van der Waals surface area contributed by atoms with Crippen molar-refractivity contribution in [3.8, 4) is 0 Å². The van der Waals surface area contributed by atoms with E-state index in [-0.39, 0.29) is 23.9 Å². The maximum atomic E-state index is 13.1. The molecule has 28 heavy (non-hydrogen) atoms. The van der Waals surface area contributed by atoms with E-state index in [2.05, 4.69) is 4.98 Å². The normalized spacial score (nSPS) is 27.9.